The van der Waals surface area contributed by atoms with Crippen molar-refractivity contribution in [2.45, 2.75) is 226 Å². The van der Waals surface area contributed by atoms with E-state index >= 15 is 0 Å². The maximum atomic E-state index is 10.7. The van der Waals surface area contributed by atoms with Gasteiger partial charge >= 0.3 is 0 Å². The minimum atomic E-state index is -0.0994. The summed E-state index contributed by atoms with van der Waals surface area (Å²) in [5.41, 5.74) is -0.0994. The van der Waals surface area contributed by atoms with Crippen molar-refractivity contribution in [2.24, 2.45) is 11.8 Å². The molecule has 0 amide bonds. The van der Waals surface area contributed by atoms with Crippen molar-refractivity contribution in [3.8, 4) is 0 Å². The van der Waals surface area contributed by atoms with Gasteiger partial charge in [0, 0.05) is 5.54 Å². The molecule has 0 spiro atoms. The zero-order chi connectivity index (χ0) is 30.3. The molecule has 2 atom stereocenters. The van der Waals surface area contributed by atoms with Crippen molar-refractivity contribution < 1.29 is 5.11 Å². The molecule has 0 heterocycles. The second-order valence-corrected chi connectivity index (χ2v) is 13.7. The Morgan fingerprint density at radius 2 is 0.659 bits per heavy atom. The van der Waals surface area contributed by atoms with E-state index in [-0.39, 0.29) is 12.1 Å². The van der Waals surface area contributed by atoms with Gasteiger partial charge in [-0.05, 0) is 31.7 Å². The van der Waals surface area contributed by atoms with E-state index < -0.39 is 0 Å². The van der Waals surface area contributed by atoms with Gasteiger partial charge in [0.25, 0.3) is 0 Å². The molecule has 0 saturated carbocycles. The molecule has 2 N–H and O–H groups in total. The van der Waals surface area contributed by atoms with Gasteiger partial charge in [-0.25, -0.2) is 0 Å². The molecule has 0 aliphatic heterocycles. The molecule has 0 aliphatic rings. The summed E-state index contributed by atoms with van der Waals surface area (Å²) in [6.45, 7) is 9.60. The number of hydrogen-bond acceptors (Lipinski definition) is 2. The summed E-state index contributed by atoms with van der Waals surface area (Å²) in [5.74, 6) is 1.16. The summed E-state index contributed by atoms with van der Waals surface area (Å²) < 4.78 is 0. The number of unbranched alkanes of at least 4 members (excludes halogenated alkanes) is 24. The molecule has 0 saturated heterocycles. The van der Waals surface area contributed by atoms with Gasteiger partial charge in [-0.1, -0.05) is 207 Å². The van der Waals surface area contributed by atoms with E-state index in [0.29, 0.717) is 11.8 Å². The predicted molar refractivity (Wildman–Crippen MR) is 187 cm³/mol. The second kappa shape index (κ2) is 31.3. The highest BCUT2D eigenvalue weighted by Gasteiger charge is 2.41. The lowest BCUT2D eigenvalue weighted by Gasteiger charge is -2.45. The van der Waals surface area contributed by atoms with Crippen molar-refractivity contribution in [1.82, 2.24) is 5.32 Å². The topological polar surface area (TPSA) is 32.3 Å². The smallest absolute Gasteiger partial charge is 0.0618 e. The van der Waals surface area contributed by atoms with Crippen LogP contribution in [0.25, 0.3) is 0 Å². The molecular weight excluding hydrogens is 498 g/mol. The lowest BCUT2D eigenvalue weighted by Crippen LogP contribution is -2.58. The van der Waals surface area contributed by atoms with Crippen LogP contribution < -0.4 is 5.32 Å². The van der Waals surface area contributed by atoms with Crippen LogP contribution in [0.15, 0.2) is 0 Å². The molecule has 0 aromatic heterocycles. The van der Waals surface area contributed by atoms with E-state index in [4.69, 9.17) is 0 Å². The summed E-state index contributed by atoms with van der Waals surface area (Å²) in [6.07, 6.45) is 41.7. The van der Waals surface area contributed by atoms with E-state index in [2.05, 4.69) is 40.1 Å². The first kappa shape index (κ1) is 40.9. The van der Waals surface area contributed by atoms with Crippen molar-refractivity contribution >= 4 is 0 Å². The van der Waals surface area contributed by atoms with E-state index in [1.54, 1.807) is 0 Å². The predicted octanol–water partition coefficient (Wildman–Crippen LogP) is 13.0. The standard InChI is InChI=1S/C39H81NO/c1-6-10-12-14-16-18-20-22-24-26-28-30-32-34-37(8-3)39(36-41,40-5)38(9-4)35-33-31-29-27-25-23-21-19-17-15-13-11-7-2/h37-38,40-41H,6-36H2,1-5H3. The molecular formula is C39H81NO. The molecule has 2 heteroatoms. The largest absolute Gasteiger partial charge is 0.394 e. The molecule has 0 fully saturated rings. The first-order valence-electron chi connectivity index (χ1n) is 19.5. The molecule has 41 heavy (non-hydrogen) atoms. The summed E-state index contributed by atoms with van der Waals surface area (Å²) in [6, 6.07) is 0. The minimum absolute atomic E-state index is 0.0994. The summed E-state index contributed by atoms with van der Waals surface area (Å²) in [7, 11) is 2.12. The number of rotatable bonds is 34. The Labute approximate surface area is 261 Å². The monoisotopic (exact) mass is 580 g/mol. The third-order valence-corrected chi connectivity index (χ3v) is 10.5. The molecule has 0 aromatic carbocycles. The zero-order valence-electron chi connectivity index (χ0n) is 29.5. The number of aliphatic hydroxyl groups is 1. The van der Waals surface area contributed by atoms with Crippen LogP contribution in [0.3, 0.4) is 0 Å². The molecule has 0 bridgehead atoms. The van der Waals surface area contributed by atoms with Gasteiger partial charge in [0.2, 0.25) is 0 Å². The van der Waals surface area contributed by atoms with Gasteiger partial charge in [0.15, 0.2) is 0 Å². The van der Waals surface area contributed by atoms with E-state index in [0.717, 1.165) is 0 Å². The Kier molecular flexibility index (Phi) is 31.3. The Hall–Kier alpha value is -0.0800. The normalized spacial score (nSPS) is 14.8. The highest BCUT2D eigenvalue weighted by Crippen LogP contribution is 2.37. The van der Waals surface area contributed by atoms with Crippen molar-refractivity contribution in [3.63, 3.8) is 0 Å². The van der Waals surface area contributed by atoms with Gasteiger partial charge in [-0.3, -0.25) is 0 Å². The molecule has 0 rings (SSSR count). The van der Waals surface area contributed by atoms with Crippen molar-refractivity contribution in [1.29, 1.82) is 0 Å². The van der Waals surface area contributed by atoms with Crippen LogP contribution in [-0.2, 0) is 0 Å². The van der Waals surface area contributed by atoms with Crippen LogP contribution in [-0.4, -0.2) is 24.3 Å². The van der Waals surface area contributed by atoms with Gasteiger partial charge in [0.1, 0.15) is 0 Å². The quantitative estimate of drug-likeness (QED) is 0.0743. The molecule has 248 valence electrons. The number of nitrogens with one attached hydrogen (secondary N) is 1. The first-order chi connectivity index (χ1) is 20.2. The number of likely N-dealkylation sites (N-methyl/N-ethyl adjacent to an activating group) is 1. The van der Waals surface area contributed by atoms with Crippen LogP contribution in [0.1, 0.15) is 220 Å². The van der Waals surface area contributed by atoms with Gasteiger partial charge in [-0.15, -0.1) is 0 Å². The Morgan fingerprint density at radius 3 is 0.854 bits per heavy atom. The molecule has 0 aliphatic carbocycles. The fourth-order valence-corrected chi connectivity index (χ4v) is 7.55. The Morgan fingerprint density at radius 1 is 0.415 bits per heavy atom. The van der Waals surface area contributed by atoms with Crippen molar-refractivity contribution in [3.05, 3.63) is 0 Å². The van der Waals surface area contributed by atoms with Gasteiger partial charge < -0.3 is 10.4 Å². The SMILES string of the molecule is CCCCCCCCCCCCCCCC(CC)C(CO)(NC)C(CC)CCCCCCCCCCCCCCC. The first-order valence-corrected chi connectivity index (χ1v) is 19.5. The number of hydrogen-bond donors (Lipinski definition) is 2. The molecule has 2 nitrogen and oxygen atoms in total. The van der Waals surface area contributed by atoms with Crippen LogP contribution in [0, 0.1) is 11.8 Å². The summed E-state index contributed by atoms with van der Waals surface area (Å²) in [5, 5.41) is 14.4. The van der Waals surface area contributed by atoms with E-state index in [1.807, 2.05) is 0 Å². The van der Waals surface area contributed by atoms with Crippen LogP contribution in [0.2, 0.25) is 0 Å². The van der Waals surface area contributed by atoms with Gasteiger partial charge in [0.05, 0.1) is 6.61 Å². The maximum absolute atomic E-state index is 10.7. The fraction of sp³-hybridized carbons (Fsp3) is 1.00. The van der Waals surface area contributed by atoms with Crippen LogP contribution in [0.4, 0.5) is 0 Å². The minimum Gasteiger partial charge on any atom is -0.394 e. The lowest BCUT2D eigenvalue weighted by molar-refractivity contribution is 0.0398. The third kappa shape index (κ3) is 21.3. The second-order valence-electron chi connectivity index (χ2n) is 13.7. The Balaban J connectivity index is 4.13. The van der Waals surface area contributed by atoms with Gasteiger partial charge in [-0.2, -0.15) is 0 Å². The lowest BCUT2D eigenvalue weighted by atomic mass is 9.68. The fourth-order valence-electron chi connectivity index (χ4n) is 7.55. The third-order valence-electron chi connectivity index (χ3n) is 10.5. The number of aliphatic hydroxyl groups excluding tert-OH is 1. The van der Waals surface area contributed by atoms with Crippen LogP contribution in [0.5, 0.6) is 0 Å². The molecule has 2 unspecified atom stereocenters. The average molecular weight is 580 g/mol. The molecule has 0 radical (unpaired) electrons. The van der Waals surface area contributed by atoms with E-state index in [1.165, 1.54) is 193 Å². The average Bonchev–Trinajstić information content (AvgIpc) is 3.00. The van der Waals surface area contributed by atoms with E-state index in [9.17, 15) is 5.11 Å². The van der Waals surface area contributed by atoms with Crippen LogP contribution >= 0.6 is 0 Å². The Bertz CT molecular complexity index is 448. The highest BCUT2D eigenvalue weighted by atomic mass is 16.3. The summed E-state index contributed by atoms with van der Waals surface area (Å²) in [4.78, 5) is 0. The van der Waals surface area contributed by atoms with Crippen molar-refractivity contribution in [2.75, 3.05) is 13.7 Å². The molecule has 0 aromatic rings. The maximum Gasteiger partial charge on any atom is 0.0618 e. The zero-order valence-corrected chi connectivity index (χ0v) is 29.5. The highest BCUT2D eigenvalue weighted by molar-refractivity contribution is 4.98. The summed E-state index contributed by atoms with van der Waals surface area (Å²) >= 11 is 0.